The van der Waals surface area contributed by atoms with Crippen LogP contribution in [0.15, 0.2) is 53.5 Å². The number of carbonyl (C=O) groups is 1. The summed E-state index contributed by atoms with van der Waals surface area (Å²) >= 11 is 7.54. The van der Waals surface area contributed by atoms with Gasteiger partial charge in [-0.3, -0.25) is 4.79 Å². The first-order valence-corrected chi connectivity index (χ1v) is 7.21. The van der Waals surface area contributed by atoms with Crippen molar-refractivity contribution >= 4 is 35.0 Å². The highest BCUT2D eigenvalue weighted by molar-refractivity contribution is 8.00. The number of carbonyl (C=O) groups excluding carboxylic acids is 1. The van der Waals surface area contributed by atoms with Crippen LogP contribution in [0.5, 0.6) is 0 Å². The number of halogens is 1. The number of amides is 1. The molecule has 0 aromatic heterocycles. The minimum atomic E-state index is -0.0423. The number of nitrogens with zero attached hydrogens (tertiary/aromatic N) is 1. The summed E-state index contributed by atoms with van der Waals surface area (Å²) < 4.78 is 0. The lowest BCUT2D eigenvalue weighted by molar-refractivity contribution is -0.116. The van der Waals surface area contributed by atoms with E-state index in [1.807, 2.05) is 35.3 Å². The highest BCUT2D eigenvalue weighted by Gasteiger charge is 2.35. The van der Waals surface area contributed by atoms with E-state index in [4.69, 9.17) is 11.6 Å². The first kappa shape index (κ1) is 11.9. The van der Waals surface area contributed by atoms with Crippen LogP contribution in [0.1, 0.15) is 0 Å². The van der Waals surface area contributed by atoms with Crippen molar-refractivity contribution in [2.45, 2.75) is 16.2 Å². The smallest absolute Gasteiger partial charge is 0.242 e. The molecule has 0 N–H and O–H groups in total. The fraction of sp³-hybridized carbons (Fsp3) is 0.214. The number of hydrogen-bond donors (Lipinski definition) is 0. The van der Waals surface area contributed by atoms with Crippen LogP contribution in [0, 0.1) is 0 Å². The Morgan fingerprint density at radius 1 is 1.28 bits per heavy atom. The largest absolute Gasteiger partial charge is 0.302 e. The lowest BCUT2D eigenvalue weighted by Gasteiger charge is -2.40. The van der Waals surface area contributed by atoms with E-state index in [2.05, 4.69) is 18.2 Å². The summed E-state index contributed by atoms with van der Waals surface area (Å²) in [6, 6.07) is 8.06. The third-order valence-electron chi connectivity index (χ3n) is 3.13. The Bertz CT molecular complexity index is 540. The highest BCUT2D eigenvalue weighted by Crippen LogP contribution is 2.43. The number of fused-ring (bicyclic) bond motifs is 2. The molecule has 1 aliphatic carbocycles. The van der Waals surface area contributed by atoms with Gasteiger partial charge in [-0.15, -0.1) is 23.4 Å². The molecule has 0 bridgehead atoms. The van der Waals surface area contributed by atoms with Crippen molar-refractivity contribution in [2.24, 2.45) is 0 Å². The molecule has 4 heteroatoms. The first-order chi connectivity index (χ1) is 8.81. The molecular weight excluding hydrogens is 266 g/mol. The first-order valence-electron chi connectivity index (χ1n) is 5.80. The molecule has 2 aliphatic rings. The minimum absolute atomic E-state index is 0.0137. The van der Waals surface area contributed by atoms with Gasteiger partial charge in [-0.05, 0) is 12.1 Å². The molecule has 0 radical (unpaired) electrons. The van der Waals surface area contributed by atoms with Gasteiger partial charge in [-0.1, -0.05) is 36.4 Å². The Labute approximate surface area is 115 Å². The van der Waals surface area contributed by atoms with E-state index >= 15 is 0 Å². The number of para-hydroxylation sites is 1. The number of rotatable bonds is 1. The SMILES string of the molecule is O=C(CCl)N1c2ccccc2SC2C=CC=CC21. The van der Waals surface area contributed by atoms with Gasteiger partial charge in [0, 0.05) is 4.90 Å². The summed E-state index contributed by atoms with van der Waals surface area (Å²) in [4.78, 5) is 15.1. The number of allylic oxidation sites excluding steroid dienone is 2. The zero-order valence-electron chi connectivity index (χ0n) is 9.62. The number of anilines is 1. The summed E-state index contributed by atoms with van der Waals surface area (Å²) in [5.74, 6) is -0.0286. The molecule has 92 valence electrons. The predicted molar refractivity (Wildman–Crippen MR) is 76.4 cm³/mol. The average Bonchev–Trinajstić information content (AvgIpc) is 2.44. The van der Waals surface area contributed by atoms with Gasteiger partial charge in [0.15, 0.2) is 0 Å². The number of alkyl halides is 1. The maximum atomic E-state index is 12.1. The molecule has 1 aliphatic heterocycles. The lowest BCUT2D eigenvalue weighted by atomic mass is 10.0. The fourth-order valence-electron chi connectivity index (χ4n) is 2.35. The van der Waals surface area contributed by atoms with Crippen LogP contribution in [0.3, 0.4) is 0 Å². The van der Waals surface area contributed by atoms with Gasteiger partial charge in [0.05, 0.1) is 17.0 Å². The van der Waals surface area contributed by atoms with Crippen LogP contribution in [-0.2, 0) is 4.79 Å². The minimum Gasteiger partial charge on any atom is -0.302 e. The fourth-order valence-corrected chi connectivity index (χ4v) is 3.73. The molecule has 1 aromatic rings. The van der Waals surface area contributed by atoms with Crippen molar-refractivity contribution in [3.63, 3.8) is 0 Å². The van der Waals surface area contributed by atoms with E-state index in [0.29, 0.717) is 0 Å². The Hall–Kier alpha value is -1.19. The van der Waals surface area contributed by atoms with E-state index in [-0.39, 0.29) is 23.1 Å². The van der Waals surface area contributed by atoms with Crippen LogP contribution in [0.2, 0.25) is 0 Å². The number of hydrogen-bond acceptors (Lipinski definition) is 2. The second kappa shape index (κ2) is 4.82. The molecule has 0 fully saturated rings. The van der Waals surface area contributed by atoms with Crippen molar-refractivity contribution in [3.8, 4) is 0 Å². The normalized spacial score (nSPS) is 24.6. The van der Waals surface area contributed by atoms with Gasteiger partial charge in [0.2, 0.25) is 5.91 Å². The molecule has 2 atom stereocenters. The average molecular weight is 278 g/mol. The molecule has 1 heterocycles. The summed E-state index contributed by atoms with van der Waals surface area (Å²) in [5.41, 5.74) is 0.967. The summed E-state index contributed by atoms with van der Waals surface area (Å²) in [6.07, 6.45) is 8.23. The third kappa shape index (κ3) is 1.88. The quantitative estimate of drug-likeness (QED) is 0.735. The highest BCUT2D eigenvalue weighted by atomic mass is 35.5. The standard InChI is InChI=1S/C14H12ClNOS/c15-9-14(17)16-10-5-1-3-7-12(10)18-13-8-4-2-6-11(13)16/h1-8,10,12H,9H2. The Balaban J connectivity index is 2.10. The molecule has 0 saturated heterocycles. The molecule has 3 rings (SSSR count). The molecule has 1 amide bonds. The van der Waals surface area contributed by atoms with Crippen molar-refractivity contribution < 1.29 is 4.79 Å². The van der Waals surface area contributed by atoms with Crippen LogP contribution in [-0.4, -0.2) is 23.1 Å². The Morgan fingerprint density at radius 2 is 2.06 bits per heavy atom. The maximum Gasteiger partial charge on any atom is 0.242 e. The molecule has 0 spiro atoms. The molecule has 18 heavy (non-hydrogen) atoms. The van der Waals surface area contributed by atoms with Crippen molar-refractivity contribution in [1.29, 1.82) is 0 Å². The molecule has 2 nitrogen and oxygen atoms in total. The van der Waals surface area contributed by atoms with Gasteiger partial charge < -0.3 is 4.90 Å². The molecular formula is C14H12ClNOS. The Kier molecular flexibility index (Phi) is 3.18. The van der Waals surface area contributed by atoms with Gasteiger partial charge >= 0.3 is 0 Å². The van der Waals surface area contributed by atoms with Crippen molar-refractivity contribution in [2.75, 3.05) is 10.8 Å². The maximum absolute atomic E-state index is 12.1. The predicted octanol–water partition coefficient (Wildman–Crippen LogP) is 3.23. The number of benzene rings is 1. The van der Waals surface area contributed by atoms with E-state index in [9.17, 15) is 4.79 Å². The zero-order valence-corrected chi connectivity index (χ0v) is 11.2. The third-order valence-corrected chi connectivity index (χ3v) is 4.66. The summed E-state index contributed by atoms with van der Waals surface area (Å²) in [6.45, 7) is 0. The van der Waals surface area contributed by atoms with E-state index in [0.717, 1.165) is 10.6 Å². The molecule has 0 saturated carbocycles. The van der Waals surface area contributed by atoms with Gasteiger partial charge in [-0.25, -0.2) is 0 Å². The summed E-state index contributed by atoms with van der Waals surface area (Å²) in [7, 11) is 0. The van der Waals surface area contributed by atoms with Gasteiger partial charge in [0.1, 0.15) is 5.88 Å². The van der Waals surface area contributed by atoms with Crippen LogP contribution in [0.25, 0.3) is 0 Å². The van der Waals surface area contributed by atoms with Crippen LogP contribution < -0.4 is 4.90 Å². The van der Waals surface area contributed by atoms with Crippen LogP contribution in [0.4, 0.5) is 5.69 Å². The zero-order chi connectivity index (χ0) is 12.5. The Morgan fingerprint density at radius 3 is 2.89 bits per heavy atom. The molecule has 1 aromatic carbocycles. The lowest BCUT2D eigenvalue weighted by Crippen LogP contribution is -2.48. The van der Waals surface area contributed by atoms with Crippen LogP contribution >= 0.6 is 23.4 Å². The van der Waals surface area contributed by atoms with E-state index in [1.165, 1.54) is 0 Å². The van der Waals surface area contributed by atoms with Crippen molar-refractivity contribution in [1.82, 2.24) is 0 Å². The topological polar surface area (TPSA) is 20.3 Å². The number of thioether (sulfide) groups is 1. The van der Waals surface area contributed by atoms with E-state index < -0.39 is 0 Å². The van der Waals surface area contributed by atoms with Gasteiger partial charge in [-0.2, -0.15) is 0 Å². The van der Waals surface area contributed by atoms with Crippen molar-refractivity contribution in [3.05, 3.63) is 48.6 Å². The van der Waals surface area contributed by atoms with Gasteiger partial charge in [0.25, 0.3) is 0 Å². The second-order valence-electron chi connectivity index (χ2n) is 4.21. The summed E-state index contributed by atoms with van der Waals surface area (Å²) in [5, 5.41) is 0.275. The monoisotopic (exact) mass is 277 g/mol. The second-order valence-corrected chi connectivity index (χ2v) is 5.70. The molecule has 2 unspecified atom stereocenters. The van der Waals surface area contributed by atoms with E-state index in [1.54, 1.807) is 11.8 Å².